The zero-order valence-corrected chi connectivity index (χ0v) is 16.9. The molecule has 1 aromatic carbocycles. The Kier molecular flexibility index (Phi) is 4.38. The number of anilines is 1. The van der Waals surface area contributed by atoms with E-state index >= 15 is 0 Å². The van der Waals surface area contributed by atoms with Crippen molar-refractivity contribution < 1.29 is 9.59 Å². The lowest BCUT2D eigenvalue weighted by Gasteiger charge is -2.23. The number of hydrogen-bond acceptors (Lipinski definition) is 4. The molecule has 3 aromatic rings. The van der Waals surface area contributed by atoms with Gasteiger partial charge in [-0.2, -0.15) is 5.10 Å². The van der Waals surface area contributed by atoms with Crippen LogP contribution in [0.3, 0.4) is 0 Å². The number of benzene rings is 1. The Morgan fingerprint density at radius 2 is 2.00 bits per heavy atom. The van der Waals surface area contributed by atoms with Gasteiger partial charge in [-0.05, 0) is 41.0 Å². The predicted octanol–water partition coefficient (Wildman–Crippen LogP) is 2.52. The van der Waals surface area contributed by atoms with Crippen molar-refractivity contribution in [3.8, 4) is 0 Å². The van der Waals surface area contributed by atoms with Crippen LogP contribution in [0.4, 0.5) is 5.82 Å². The quantitative estimate of drug-likeness (QED) is 0.703. The smallest absolute Gasteiger partial charge is 0.272 e. The third kappa shape index (κ3) is 3.07. The Morgan fingerprint density at radius 1 is 1.20 bits per heavy atom. The molecule has 1 aliphatic carbocycles. The molecular weight excluding hydrogens is 378 g/mol. The molecule has 2 aromatic heterocycles. The summed E-state index contributed by atoms with van der Waals surface area (Å²) in [6.07, 6.45) is 2.36. The van der Waals surface area contributed by atoms with Gasteiger partial charge in [0, 0.05) is 25.4 Å². The SMILES string of the molecule is C[C@H]1[C@H]2c3cccnc3N(C)C(=O)[C@@H](NC(=O)c3cc(Cc4ccccc4)[nH]n3)[C@H]12. The summed E-state index contributed by atoms with van der Waals surface area (Å²) in [4.78, 5) is 32.0. The molecule has 2 N–H and O–H groups in total. The van der Waals surface area contributed by atoms with Gasteiger partial charge in [-0.3, -0.25) is 19.6 Å². The Hall–Kier alpha value is -3.48. The maximum Gasteiger partial charge on any atom is 0.272 e. The monoisotopic (exact) mass is 401 g/mol. The molecule has 2 amide bonds. The van der Waals surface area contributed by atoms with E-state index in [4.69, 9.17) is 0 Å². The Balaban J connectivity index is 1.35. The van der Waals surface area contributed by atoms with Crippen molar-refractivity contribution in [3.63, 3.8) is 0 Å². The van der Waals surface area contributed by atoms with E-state index in [0.29, 0.717) is 23.9 Å². The average Bonchev–Trinajstić information content (AvgIpc) is 3.21. The van der Waals surface area contributed by atoms with Crippen molar-refractivity contribution >= 4 is 17.6 Å². The van der Waals surface area contributed by atoms with E-state index in [0.717, 1.165) is 16.8 Å². The first-order valence-electron chi connectivity index (χ1n) is 10.2. The summed E-state index contributed by atoms with van der Waals surface area (Å²) in [7, 11) is 1.72. The minimum absolute atomic E-state index is 0.0667. The standard InChI is InChI=1S/C23H23N5O2/c1-13-18-16-9-6-10-24-21(16)28(2)23(30)20(19(13)18)25-22(29)17-12-15(26-27-17)11-14-7-4-3-5-8-14/h3-10,12-13,18-20H,11H2,1-2H3,(H,25,29)(H,26,27)/t13-,18-,19+,20-/m0/s1. The van der Waals surface area contributed by atoms with Gasteiger partial charge in [-0.1, -0.05) is 43.3 Å². The van der Waals surface area contributed by atoms with Crippen LogP contribution < -0.4 is 10.2 Å². The largest absolute Gasteiger partial charge is 0.339 e. The van der Waals surface area contributed by atoms with Crippen molar-refractivity contribution in [3.05, 3.63) is 77.2 Å². The molecule has 0 radical (unpaired) electrons. The van der Waals surface area contributed by atoms with Gasteiger partial charge in [0.05, 0.1) is 0 Å². The highest BCUT2D eigenvalue weighted by Crippen LogP contribution is 2.58. The third-order valence-corrected chi connectivity index (χ3v) is 6.31. The molecule has 1 fully saturated rings. The van der Waals surface area contributed by atoms with E-state index in [1.54, 1.807) is 24.2 Å². The summed E-state index contributed by atoms with van der Waals surface area (Å²) in [6, 6.07) is 15.1. The normalized spacial score (nSPS) is 24.6. The van der Waals surface area contributed by atoms with Gasteiger partial charge in [-0.25, -0.2) is 4.98 Å². The Morgan fingerprint density at radius 3 is 2.80 bits per heavy atom. The first kappa shape index (κ1) is 18.5. The van der Waals surface area contributed by atoms with E-state index in [9.17, 15) is 9.59 Å². The molecular formula is C23H23N5O2. The number of aromatic amines is 1. The molecule has 7 nitrogen and oxygen atoms in total. The van der Waals surface area contributed by atoms with Crippen LogP contribution in [0.1, 0.15) is 40.2 Å². The molecule has 30 heavy (non-hydrogen) atoms. The minimum atomic E-state index is -0.592. The van der Waals surface area contributed by atoms with Crippen LogP contribution in [0.25, 0.3) is 0 Å². The van der Waals surface area contributed by atoms with Crippen LogP contribution in [0, 0.1) is 11.8 Å². The molecule has 1 saturated carbocycles. The van der Waals surface area contributed by atoms with Crippen LogP contribution in [0.2, 0.25) is 0 Å². The number of H-pyrrole nitrogens is 1. The first-order chi connectivity index (χ1) is 14.5. The van der Waals surface area contributed by atoms with Crippen molar-refractivity contribution in [2.75, 3.05) is 11.9 Å². The molecule has 7 heteroatoms. The highest BCUT2D eigenvalue weighted by Gasteiger charge is 2.58. The molecule has 0 saturated heterocycles. The van der Waals surface area contributed by atoms with Crippen LogP contribution >= 0.6 is 0 Å². The lowest BCUT2D eigenvalue weighted by Crippen LogP contribution is -2.49. The maximum absolute atomic E-state index is 13.1. The molecule has 0 unspecified atom stereocenters. The van der Waals surface area contributed by atoms with Gasteiger partial charge in [0.15, 0.2) is 0 Å². The number of carbonyl (C=O) groups excluding carboxylic acids is 2. The van der Waals surface area contributed by atoms with E-state index in [2.05, 4.69) is 27.4 Å². The molecule has 152 valence electrons. The fourth-order valence-corrected chi connectivity index (χ4v) is 4.68. The predicted molar refractivity (Wildman–Crippen MR) is 112 cm³/mol. The van der Waals surface area contributed by atoms with Gasteiger partial charge >= 0.3 is 0 Å². The molecule has 5 rings (SSSR count). The zero-order valence-electron chi connectivity index (χ0n) is 16.9. The number of amides is 2. The lowest BCUT2D eigenvalue weighted by atomic mass is 10.1. The number of nitrogens with zero attached hydrogens (tertiary/aromatic N) is 3. The van der Waals surface area contributed by atoms with E-state index in [1.807, 2.05) is 42.5 Å². The highest BCUT2D eigenvalue weighted by atomic mass is 16.2. The van der Waals surface area contributed by atoms with Gasteiger partial charge in [-0.15, -0.1) is 0 Å². The van der Waals surface area contributed by atoms with Gasteiger partial charge in [0.25, 0.3) is 11.8 Å². The fraction of sp³-hybridized carbons (Fsp3) is 0.304. The molecule has 4 atom stereocenters. The number of likely N-dealkylation sites (N-methyl/N-ethyl adjacent to an activating group) is 1. The number of fused-ring (bicyclic) bond motifs is 3. The summed E-state index contributed by atoms with van der Waals surface area (Å²) < 4.78 is 0. The number of rotatable bonds is 4. The second-order valence-corrected chi connectivity index (χ2v) is 8.17. The molecule has 1 aliphatic heterocycles. The number of pyridine rings is 1. The zero-order chi connectivity index (χ0) is 20.8. The molecule has 0 spiro atoms. The highest BCUT2D eigenvalue weighted by molar-refractivity contribution is 6.02. The van der Waals surface area contributed by atoms with Gasteiger partial charge in [0.1, 0.15) is 17.6 Å². The summed E-state index contributed by atoms with van der Waals surface area (Å²) in [5.74, 6) is 0.805. The van der Waals surface area contributed by atoms with Gasteiger partial charge < -0.3 is 5.32 Å². The lowest BCUT2D eigenvalue weighted by molar-refractivity contribution is -0.120. The second kappa shape index (κ2) is 7.09. The summed E-state index contributed by atoms with van der Waals surface area (Å²) in [5.41, 5.74) is 3.35. The Labute approximate surface area is 174 Å². The summed E-state index contributed by atoms with van der Waals surface area (Å²) >= 11 is 0. The maximum atomic E-state index is 13.1. The van der Waals surface area contributed by atoms with Crippen LogP contribution in [0.15, 0.2) is 54.7 Å². The van der Waals surface area contributed by atoms with Crippen molar-refractivity contribution in [1.82, 2.24) is 20.5 Å². The second-order valence-electron chi connectivity index (χ2n) is 8.17. The third-order valence-electron chi connectivity index (χ3n) is 6.31. The summed E-state index contributed by atoms with van der Waals surface area (Å²) in [5, 5.41) is 10.1. The van der Waals surface area contributed by atoms with E-state index in [1.165, 1.54) is 0 Å². The molecule has 3 heterocycles. The number of aromatic nitrogens is 3. The van der Waals surface area contributed by atoms with Crippen LogP contribution in [0.5, 0.6) is 0 Å². The molecule has 2 aliphatic rings. The minimum Gasteiger partial charge on any atom is -0.339 e. The van der Waals surface area contributed by atoms with Crippen LogP contribution in [-0.2, 0) is 11.2 Å². The Bertz CT molecular complexity index is 1110. The van der Waals surface area contributed by atoms with Crippen LogP contribution in [-0.4, -0.2) is 40.1 Å². The summed E-state index contributed by atoms with van der Waals surface area (Å²) in [6.45, 7) is 2.12. The van der Waals surface area contributed by atoms with Gasteiger partial charge in [0.2, 0.25) is 0 Å². The first-order valence-corrected chi connectivity index (χ1v) is 10.2. The van der Waals surface area contributed by atoms with Crippen molar-refractivity contribution in [2.24, 2.45) is 11.8 Å². The number of nitrogens with one attached hydrogen (secondary N) is 2. The van der Waals surface area contributed by atoms with Crippen molar-refractivity contribution in [2.45, 2.75) is 25.3 Å². The fourth-order valence-electron chi connectivity index (χ4n) is 4.68. The topological polar surface area (TPSA) is 91.0 Å². The van der Waals surface area contributed by atoms with E-state index < -0.39 is 6.04 Å². The number of hydrogen-bond donors (Lipinski definition) is 2. The average molecular weight is 401 g/mol. The molecule has 0 bridgehead atoms. The van der Waals surface area contributed by atoms with Crippen molar-refractivity contribution in [1.29, 1.82) is 0 Å². The van der Waals surface area contributed by atoms with E-state index in [-0.39, 0.29) is 23.7 Å². The number of carbonyl (C=O) groups is 2.